The van der Waals surface area contributed by atoms with Crippen molar-refractivity contribution >= 4 is 52.4 Å². The van der Waals surface area contributed by atoms with Crippen molar-refractivity contribution in [2.75, 3.05) is 14.2 Å². The minimum atomic E-state index is -0.665. The Morgan fingerprint density at radius 2 is 2.07 bits per heavy atom. The SMILES string of the molecule is COc1ccc(/C=C2/SC(=S)N(/N=C/c3ccc([N+](=O)[O-])o3)C2=O)c(OC)c1. The molecule has 0 saturated carbocycles. The second-order valence-corrected chi connectivity index (χ2v) is 6.95. The van der Waals surface area contributed by atoms with Crippen LogP contribution in [-0.4, -0.2) is 40.6 Å². The molecule has 1 aliphatic heterocycles. The van der Waals surface area contributed by atoms with Crippen LogP contribution in [0.3, 0.4) is 0 Å². The van der Waals surface area contributed by atoms with E-state index in [2.05, 4.69) is 5.10 Å². The molecule has 0 N–H and O–H groups in total. The first-order chi connectivity index (χ1) is 13.4. The zero-order valence-electron chi connectivity index (χ0n) is 14.6. The summed E-state index contributed by atoms with van der Waals surface area (Å²) in [6.07, 6.45) is 2.83. The van der Waals surface area contributed by atoms with Gasteiger partial charge in [-0.25, -0.2) is 0 Å². The van der Waals surface area contributed by atoms with Gasteiger partial charge in [-0.05, 0) is 36.5 Å². The topological polar surface area (TPSA) is 107 Å². The molecule has 0 spiro atoms. The van der Waals surface area contributed by atoms with Crippen LogP contribution in [0.2, 0.25) is 0 Å². The average molecular weight is 419 g/mol. The van der Waals surface area contributed by atoms with Gasteiger partial charge in [0.15, 0.2) is 10.1 Å². The number of amides is 1. The van der Waals surface area contributed by atoms with E-state index in [1.165, 1.54) is 25.5 Å². The summed E-state index contributed by atoms with van der Waals surface area (Å²) in [7, 11) is 3.06. The fourth-order valence-electron chi connectivity index (χ4n) is 2.26. The lowest BCUT2D eigenvalue weighted by Crippen LogP contribution is -2.22. The van der Waals surface area contributed by atoms with Crippen LogP contribution in [0.15, 0.2) is 44.8 Å². The number of ether oxygens (including phenoxy) is 2. The van der Waals surface area contributed by atoms with Gasteiger partial charge in [-0.15, -0.1) is 0 Å². The number of carbonyl (C=O) groups is 1. The molecule has 1 fully saturated rings. The van der Waals surface area contributed by atoms with Gasteiger partial charge in [0, 0.05) is 11.6 Å². The standard InChI is InChI=1S/C17H13N3O6S2/c1-24-11-4-3-10(13(8-11)25-2)7-14-16(21)19(17(27)28-14)18-9-12-5-6-15(26-12)20(22)23/h3-9H,1-2H3/b14-7+,18-9+. The van der Waals surface area contributed by atoms with E-state index >= 15 is 0 Å². The third-order valence-electron chi connectivity index (χ3n) is 3.59. The quantitative estimate of drug-likeness (QED) is 0.230. The van der Waals surface area contributed by atoms with Gasteiger partial charge in [0.2, 0.25) is 0 Å². The molecule has 1 amide bonds. The highest BCUT2D eigenvalue weighted by atomic mass is 32.2. The molecule has 28 heavy (non-hydrogen) atoms. The zero-order chi connectivity index (χ0) is 20.3. The fourth-order valence-corrected chi connectivity index (χ4v) is 3.43. The number of nitrogens with zero attached hydrogens (tertiary/aromatic N) is 3. The van der Waals surface area contributed by atoms with Crippen LogP contribution in [0.4, 0.5) is 5.88 Å². The summed E-state index contributed by atoms with van der Waals surface area (Å²) < 4.78 is 15.7. The number of furan rings is 1. The number of benzene rings is 1. The van der Waals surface area contributed by atoms with Crippen LogP contribution in [0.1, 0.15) is 11.3 Å². The second kappa shape index (κ2) is 8.23. The molecule has 3 rings (SSSR count). The summed E-state index contributed by atoms with van der Waals surface area (Å²) in [5.41, 5.74) is 0.675. The largest absolute Gasteiger partial charge is 0.497 e. The zero-order valence-corrected chi connectivity index (χ0v) is 16.3. The van der Waals surface area contributed by atoms with E-state index in [0.29, 0.717) is 22.0 Å². The number of thioether (sulfide) groups is 1. The van der Waals surface area contributed by atoms with E-state index < -0.39 is 16.7 Å². The number of hydrazone groups is 1. The van der Waals surface area contributed by atoms with Crippen molar-refractivity contribution in [2.24, 2.45) is 5.10 Å². The number of hydrogen-bond donors (Lipinski definition) is 0. The molecule has 0 aliphatic carbocycles. The van der Waals surface area contributed by atoms with Crippen LogP contribution < -0.4 is 9.47 Å². The van der Waals surface area contributed by atoms with E-state index in [1.54, 1.807) is 31.4 Å². The molecule has 144 valence electrons. The van der Waals surface area contributed by atoms with Gasteiger partial charge in [-0.2, -0.15) is 10.1 Å². The summed E-state index contributed by atoms with van der Waals surface area (Å²) in [6, 6.07) is 7.78. The fraction of sp³-hybridized carbons (Fsp3) is 0.118. The summed E-state index contributed by atoms with van der Waals surface area (Å²) in [5, 5.41) is 15.6. The number of rotatable bonds is 6. The van der Waals surface area contributed by atoms with Crippen molar-refractivity contribution in [2.45, 2.75) is 0 Å². The molecular weight excluding hydrogens is 406 g/mol. The van der Waals surface area contributed by atoms with E-state index in [-0.39, 0.29) is 10.1 Å². The Bertz CT molecular complexity index is 1010. The van der Waals surface area contributed by atoms with Crippen LogP contribution in [-0.2, 0) is 4.79 Å². The average Bonchev–Trinajstić information content (AvgIpc) is 3.26. The van der Waals surface area contributed by atoms with Crippen molar-refractivity contribution in [1.29, 1.82) is 0 Å². The molecule has 1 aliphatic rings. The van der Waals surface area contributed by atoms with Gasteiger partial charge < -0.3 is 13.9 Å². The van der Waals surface area contributed by atoms with E-state index in [1.807, 2.05) is 0 Å². The van der Waals surface area contributed by atoms with Crippen molar-refractivity contribution in [3.63, 3.8) is 0 Å². The van der Waals surface area contributed by atoms with Crippen LogP contribution in [0, 0.1) is 10.1 Å². The lowest BCUT2D eigenvalue weighted by atomic mass is 10.1. The molecule has 0 bridgehead atoms. The molecule has 0 unspecified atom stereocenters. The molecule has 1 aromatic heterocycles. The molecule has 1 saturated heterocycles. The first-order valence-electron chi connectivity index (χ1n) is 7.71. The normalized spacial score (nSPS) is 15.6. The van der Waals surface area contributed by atoms with Gasteiger partial charge in [-0.3, -0.25) is 14.9 Å². The highest BCUT2D eigenvalue weighted by molar-refractivity contribution is 8.26. The molecule has 1 aromatic carbocycles. The predicted octanol–water partition coefficient (Wildman–Crippen LogP) is 3.44. The van der Waals surface area contributed by atoms with Crippen molar-refractivity contribution in [1.82, 2.24) is 5.01 Å². The van der Waals surface area contributed by atoms with Crippen molar-refractivity contribution in [3.8, 4) is 11.5 Å². The third kappa shape index (κ3) is 4.05. The summed E-state index contributed by atoms with van der Waals surface area (Å²) in [5.74, 6) is 0.444. The number of carbonyl (C=O) groups excluding carboxylic acids is 1. The lowest BCUT2D eigenvalue weighted by molar-refractivity contribution is -0.402. The highest BCUT2D eigenvalue weighted by Crippen LogP contribution is 2.35. The van der Waals surface area contributed by atoms with Crippen molar-refractivity contribution < 1.29 is 23.6 Å². The van der Waals surface area contributed by atoms with Gasteiger partial charge in [0.1, 0.15) is 16.4 Å². The second-order valence-electron chi connectivity index (χ2n) is 5.28. The van der Waals surface area contributed by atoms with Crippen LogP contribution in [0.5, 0.6) is 11.5 Å². The maximum Gasteiger partial charge on any atom is 0.433 e. The maximum absolute atomic E-state index is 12.6. The lowest BCUT2D eigenvalue weighted by Gasteiger charge is -2.08. The summed E-state index contributed by atoms with van der Waals surface area (Å²) >= 11 is 6.28. The Balaban J connectivity index is 1.82. The minimum Gasteiger partial charge on any atom is -0.497 e. The van der Waals surface area contributed by atoms with E-state index in [9.17, 15) is 14.9 Å². The Morgan fingerprint density at radius 3 is 2.71 bits per heavy atom. The van der Waals surface area contributed by atoms with Crippen LogP contribution >= 0.6 is 24.0 Å². The highest BCUT2D eigenvalue weighted by Gasteiger charge is 2.32. The predicted molar refractivity (Wildman–Crippen MR) is 108 cm³/mol. The van der Waals surface area contributed by atoms with E-state index in [4.69, 9.17) is 26.1 Å². The van der Waals surface area contributed by atoms with Gasteiger partial charge in [-0.1, -0.05) is 11.8 Å². The number of hydrogen-bond acceptors (Lipinski definition) is 9. The van der Waals surface area contributed by atoms with Gasteiger partial charge >= 0.3 is 5.88 Å². The van der Waals surface area contributed by atoms with Crippen LogP contribution in [0.25, 0.3) is 6.08 Å². The molecule has 0 radical (unpaired) electrons. The first-order valence-corrected chi connectivity index (χ1v) is 8.93. The minimum absolute atomic E-state index is 0.126. The Kier molecular flexibility index (Phi) is 5.76. The monoisotopic (exact) mass is 419 g/mol. The Labute approximate surface area is 168 Å². The summed E-state index contributed by atoms with van der Waals surface area (Å²) in [6.45, 7) is 0. The smallest absolute Gasteiger partial charge is 0.433 e. The Hall–Kier alpha value is -3.18. The molecule has 9 nitrogen and oxygen atoms in total. The molecule has 11 heteroatoms. The Morgan fingerprint density at radius 1 is 1.29 bits per heavy atom. The van der Waals surface area contributed by atoms with Crippen molar-refractivity contribution in [3.05, 3.63) is 56.7 Å². The third-order valence-corrected chi connectivity index (χ3v) is 4.88. The maximum atomic E-state index is 12.6. The van der Waals surface area contributed by atoms with Gasteiger partial charge in [0.05, 0.1) is 31.4 Å². The molecule has 2 aromatic rings. The molecule has 2 heterocycles. The van der Waals surface area contributed by atoms with E-state index in [0.717, 1.165) is 16.8 Å². The number of thiocarbonyl (C=S) groups is 1. The van der Waals surface area contributed by atoms with Gasteiger partial charge in [0.25, 0.3) is 5.91 Å². The molecule has 0 atom stereocenters. The number of nitro groups is 1. The number of methoxy groups -OCH3 is 2. The molecular formula is C17H13N3O6S2. The first kappa shape index (κ1) is 19.6. The summed E-state index contributed by atoms with van der Waals surface area (Å²) in [4.78, 5) is 22.9.